The van der Waals surface area contributed by atoms with Crippen LogP contribution in [0.4, 0.5) is 9.93 Å². The van der Waals surface area contributed by atoms with Crippen LogP contribution in [0.3, 0.4) is 0 Å². The zero-order chi connectivity index (χ0) is 20.8. The van der Waals surface area contributed by atoms with E-state index in [4.69, 9.17) is 0 Å². The number of likely N-dealkylation sites (tertiary alicyclic amines) is 1. The highest BCUT2D eigenvalue weighted by Crippen LogP contribution is 2.30. The Hall–Kier alpha value is -2.26. The van der Waals surface area contributed by atoms with E-state index in [-0.39, 0.29) is 11.9 Å². The molecular weight excluding hydrogens is 418 g/mol. The number of rotatable bonds is 6. The highest BCUT2D eigenvalue weighted by Gasteiger charge is 2.26. The Bertz CT molecular complexity index is 885. The summed E-state index contributed by atoms with van der Waals surface area (Å²) in [5, 5.41) is 11.0. The summed E-state index contributed by atoms with van der Waals surface area (Å²) in [7, 11) is 0. The molecule has 2 N–H and O–H groups in total. The third-order valence-electron chi connectivity index (χ3n) is 5.65. The van der Waals surface area contributed by atoms with E-state index < -0.39 is 0 Å². The van der Waals surface area contributed by atoms with Gasteiger partial charge in [0.1, 0.15) is 5.69 Å². The fourth-order valence-electron chi connectivity index (χ4n) is 3.93. The zero-order valence-corrected chi connectivity index (χ0v) is 18.6. The highest BCUT2D eigenvalue weighted by atomic mass is 32.1. The molecule has 1 aliphatic heterocycles. The number of piperidine rings is 1. The molecule has 3 heterocycles. The molecule has 160 valence electrons. The van der Waals surface area contributed by atoms with Crippen LogP contribution in [0.2, 0.25) is 0 Å². The Kier molecular flexibility index (Phi) is 7.11. The van der Waals surface area contributed by atoms with Crippen molar-refractivity contribution in [3.05, 3.63) is 39.3 Å². The van der Waals surface area contributed by atoms with E-state index in [0.29, 0.717) is 23.3 Å². The van der Waals surface area contributed by atoms with Gasteiger partial charge >= 0.3 is 6.03 Å². The maximum absolute atomic E-state index is 12.5. The van der Waals surface area contributed by atoms with Crippen molar-refractivity contribution in [2.24, 2.45) is 0 Å². The zero-order valence-electron chi connectivity index (χ0n) is 16.9. The number of aromatic nitrogens is 2. The van der Waals surface area contributed by atoms with Crippen LogP contribution in [0.1, 0.15) is 66.4 Å². The normalized spacial score (nSPS) is 17.5. The van der Waals surface area contributed by atoms with Gasteiger partial charge in [-0.1, -0.05) is 11.6 Å². The third-order valence-corrected chi connectivity index (χ3v) is 7.34. The minimum atomic E-state index is -0.225. The molecule has 30 heavy (non-hydrogen) atoms. The predicted octanol–water partition coefficient (Wildman–Crippen LogP) is 4.63. The SMILES string of the molecule is O=C(Nc1nccs1)c1csc(C2CCN(C(=O)NCCC3=CCCCC3)CC2)n1. The van der Waals surface area contributed by atoms with Gasteiger partial charge in [0, 0.05) is 42.5 Å². The molecule has 0 radical (unpaired) electrons. The van der Waals surface area contributed by atoms with Gasteiger partial charge in [0.2, 0.25) is 0 Å². The molecule has 4 rings (SSSR count). The second-order valence-electron chi connectivity index (χ2n) is 7.71. The molecule has 2 aromatic rings. The average molecular weight is 446 g/mol. The molecule has 0 unspecified atom stereocenters. The molecule has 0 aromatic carbocycles. The van der Waals surface area contributed by atoms with Gasteiger partial charge in [-0.3, -0.25) is 10.1 Å². The smallest absolute Gasteiger partial charge is 0.317 e. The number of thiazole rings is 2. The van der Waals surface area contributed by atoms with Crippen LogP contribution in [0.25, 0.3) is 0 Å². The second-order valence-corrected chi connectivity index (χ2v) is 9.50. The van der Waals surface area contributed by atoms with Crippen molar-refractivity contribution in [1.29, 1.82) is 0 Å². The number of carbonyl (C=O) groups excluding carboxylic acids is 2. The van der Waals surface area contributed by atoms with Gasteiger partial charge < -0.3 is 10.2 Å². The van der Waals surface area contributed by atoms with Gasteiger partial charge in [0.25, 0.3) is 5.91 Å². The van der Waals surface area contributed by atoms with E-state index in [1.807, 2.05) is 10.3 Å². The molecule has 1 fully saturated rings. The summed E-state index contributed by atoms with van der Waals surface area (Å²) in [4.78, 5) is 35.3. The van der Waals surface area contributed by atoms with Crippen molar-refractivity contribution in [3.63, 3.8) is 0 Å². The standard InChI is InChI=1S/C21H27N5O2S2/c27-18(25-20-22-10-13-29-20)17-14-30-19(24-17)16-7-11-26(12-8-16)21(28)23-9-6-15-4-2-1-3-5-15/h4,10,13-14,16H,1-3,5-9,11-12H2,(H,23,28)(H,22,25,27). The summed E-state index contributed by atoms with van der Waals surface area (Å²) in [5.74, 6) is 0.0743. The molecule has 0 bridgehead atoms. The van der Waals surface area contributed by atoms with Crippen LogP contribution in [-0.4, -0.2) is 46.4 Å². The fourth-order valence-corrected chi connectivity index (χ4v) is 5.42. The minimum Gasteiger partial charge on any atom is -0.338 e. The molecule has 0 atom stereocenters. The van der Waals surface area contributed by atoms with Gasteiger partial charge in [0.15, 0.2) is 5.13 Å². The van der Waals surface area contributed by atoms with Gasteiger partial charge in [-0.2, -0.15) is 0 Å². The Morgan fingerprint density at radius 2 is 2.07 bits per heavy atom. The lowest BCUT2D eigenvalue weighted by atomic mass is 9.97. The monoisotopic (exact) mass is 445 g/mol. The second kappa shape index (κ2) is 10.2. The number of carbonyl (C=O) groups is 2. The highest BCUT2D eigenvalue weighted by molar-refractivity contribution is 7.13. The van der Waals surface area contributed by atoms with Crippen LogP contribution in [0.15, 0.2) is 28.6 Å². The van der Waals surface area contributed by atoms with E-state index in [1.54, 1.807) is 11.6 Å². The topological polar surface area (TPSA) is 87.2 Å². The van der Waals surface area contributed by atoms with E-state index in [1.165, 1.54) is 53.9 Å². The summed E-state index contributed by atoms with van der Waals surface area (Å²) in [6.07, 6.45) is 11.6. The van der Waals surface area contributed by atoms with Crippen LogP contribution in [0, 0.1) is 0 Å². The lowest BCUT2D eigenvalue weighted by Gasteiger charge is -2.31. The van der Waals surface area contributed by atoms with Crippen LogP contribution < -0.4 is 10.6 Å². The Balaban J connectivity index is 1.21. The molecule has 1 saturated heterocycles. The lowest BCUT2D eigenvalue weighted by Crippen LogP contribution is -2.44. The Morgan fingerprint density at radius 1 is 1.20 bits per heavy atom. The number of hydrogen-bond donors (Lipinski definition) is 2. The Morgan fingerprint density at radius 3 is 2.80 bits per heavy atom. The van der Waals surface area contributed by atoms with Gasteiger partial charge in [-0.25, -0.2) is 14.8 Å². The largest absolute Gasteiger partial charge is 0.338 e. The molecule has 7 nitrogen and oxygen atoms in total. The number of allylic oxidation sites excluding steroid dienone is 1. The van der Waals surface area contributed by atoms with Crippen LogP contribution in [-0.2, 0) is 0 Å². The first-order chi connectivity index (χ1) is 14.7. The molecule has 0 spiro atoms. The van der Waals surface area contributed by atoms with E-state index in [2.05, 4.69) is 26.7 Å². The molecule has 0 saturated carbocycles. The van der Waals surface area contributed by atoms with Gasteiger partial charge in [-0.05, 0) is 44.9 Å². The summed E-state index contributed by atoms with van der Waals surface area (Å²) < 4.78 is 0. The van der Waals surface area contributed by atoms with Gasteiger partial charge in [0.05, 0.1) is 5.01 Å². The maximum Gasteiger partial charge on any atom is 0.317 e. The summed E-state index contributed by atoms with van der Waals surface area (Å²) >= 11 is 2.91. The molecule has 1 aliphatic carbocycles. The molecule has 2 aromatic heterocycles. The summed E-state index contributed by atoms with van der Waals surface area (Å²) in [5.41, 5.74) is 1.92. The molecular formula is C21H27N5O2S2. The number of urea groups is 1. The van der Waals surface area contributed by atoms with Crippen molar-refractivity contribution in [1.82, 2.24) is 20.2 Å². The number of nitrogens with one attached hydrogen (secondary N) is 2. The predicted molar refractivity (Wildman–Crippen MR) is 120 cm³/mol. The van der Waals surface area contributed by atoms with Gasteiger partial charge in [-0.15, -0.1) is 22.7 Å². The van der Waals surface area contributed by atoms with Crippen LogP contribution in [0.5, 0.6) is 0 Å². The summed E-state index contributed by atoms with van der Waals surface area (Å²) in [6.45, 7) is 2.16. The lowest BCUT2D eigenvalue weighted by molar-refractivity contribution is 0.102. The van der Waals surface area contributed by atoms with E-state index >= 15 is 0 Å². The number of amides is 3. The first-order valence-electron chi connectivity index (χ1n) is 10.6. The Labute approximate surface area is 184 Å². The van der Waals surface area contributed by atoms with Crippen LogP contribution >= 0.6 is 22.7 Å². The first-order valence-corrected chi connectivity index (χ1v) is 12.3. The number of nitrogens with zero attached hydrogens (tertiary/aromatic N) is 3. The average Bonchev–Trinajstić information content (AvgIpc) is 3.47. The third kappa shape index (κ3) is 5.46. The molecule has 9 heteroatoms. The van der Waals surface area contributed by atoms with E-state index in [9.17, 15) is 9.59 Å². The van der Waals surface area contributed by atoms with Crippen molar-refractivity contribution in [2.45, 2.75) is 50.9 Å². The first kappa shape index (κ1) is 21.0. The molecule has 2 aliphatic rings. The van der Waals surface area contributed by atoms with E-state index in [0.717, 1.165) is 37.4 Å². The van der Waals surface area contributed by atoms with Crippen molar-refractivity contribution < 1.29 is 9.59 Å². The van der Waals surface area contributed by atoms with Crippen molar-refractivity contribution in [3.8, 4) is 0 Å². The quantitative estimate of drug-likeness (QED) is 0.635. The number of hydrogen-bond acceptors (Lipinski definition) is 6. The number of anilines is 1. The maximum atomic E-state index is 12.5. The molecule has 3 amide bonds. The van der Waals surface area contributed by atoms with Crippen molar-refractivity contribution >= 4 is 39.7 Å². The van der Waals surface area contributed by atoms with Crippen molar-refractivity contribution in [2.75, 3.05) is 25.0 Å². The summed E-state index contributed by atoms with van der Waals surface area (Å²) in [6, 6.07) is 0.0347. The minimum absolute atomic E-state index is 0.0347. The fraction of sp³-hybridized carbons (Fsp3) is 0.524.